The average Bonchev–Trinajstić information content (AvgIpc) is 3.07. The van der Waals surface area contributed by atoms with E-state index in [1.165, 1.54) is 0 Å². The topological polar surface area (TPSA) is 55.6 Å². The predicted molar refractivity (Wildman–Crippen MR) is 79.1 cm³/mol. The van der Waals surface area contributed by atoms with Crippen LogP contribution in [-0.4, -0.2) is 22.1 Å². The van der Waals surface area contributed by atoms with Gasteiger partial charge in [0.2, 0.25) is 0 Å². The molecule has 0 saturated carbocycles. The summed E-state index contributed by atoms with van der Waals surface area (Å²) in [5.41, 5.74) is 1.53. The molecule has 0 aliphatic carbocycles. The summed E-state index contributed by atoms with van der Waals surface area (Å²) >= 11 is 1.58. The van der Waals surface area contributed by atoms with Crippen molar-refractivity contribution in [3.63, 3.8) is 0 Å². The molecular weight excluding hydrogens is 274 g/mol. The molecule has 0 bridgehead atoms. The number of rotatable bonds is 3. The fourth-order valence-electron chi connectivity index (χ4n) is 1.96. The third kappa shape index (κ3) is 2.25. The number of fused-ring (bicyclic) bond motifs is 1. The van der Waals surface area contributed by atoms with Crippen LogP contribution in [0.5, 0.6) is 0 Å². The molecule has 102 valence electrons. The Bertz CT molecular complexity index is 734. The van der Waals surface area contributed by atoms with Crippen molar-refractivity contribution in [2.24, 2.45) is 0 Å². The Morgan fingerprint density at radius 3 is 3.05 bits per heavy atom. The van der Waals surface area contributed by atoms with Gasteiger partial charge in [-0.2, -0.15) is 0 Å². The highest BCUT2D eigenvalue weighted by Gasteiger charge is 2.17. The first-order chi connectivity index (χ1) is 9.79. The molecule has 0 aliphatic heterocycles. The number of thiophene rings is 1. The number of ether oxygens (including phenoxy) is 1. The van der Waals surface area contributed by atoms with Gasteiger partial charge < -0.3 is 4.74 Å². The number of nitrogens with zero attached hydrogens (tertiary/aromatic N) is 2. The zero-order valence-electron chi connectivity index (χ0n) is 10.9. The van der Waals surface area contributed by atoms with Crippen LogP contribution in [0.2, 0.25) is 0 Å². The highest BCUT2D eigenvalue weighted by Crippen LogP contribution is 2.31. The minimum absolute atomic E-state index is 0.330. The molecule has 0 spiro atoms. The summed E-state index contributed by atoms with van der Waals surface area (Å²) in [6, 6.07) is 9.63. The summed E-state index contributed by atoms with van der Waals surface area (Å²) in [5.74, 6) is 0.626. The number of carbonyl (C=O) groups is 1. The Hall–Kier alpha value is -2.34. The molecule has 0 aromatic carbocycles. The number of carbonyl (C=O) groups excluding carboxylic acids is 1. The van der Waals surface area contributed by atoms with Gasteiger partial charge in [0.05, 0.1) is 11.5 Å². The van der Waals surface area contributed by atoms with Crippen LogP contribution in [0.3, 0.4) is 0 Å². The molecule has 1 N–H and O–H groups in total. The molecule has 3 heterocycles. The SMILES string of the molecule is CCOC(=O)Nc1c(-c2cccs2)nc2ccccn12. The maximum atomic E-state index is 11.7. The van der Waals surface area contributed by atoms with Crippen LogP contribution in [0.1, 0.15) is 6.92 Å². The Kier molecular flexibility index (Phi) is 3.39. The molecule has 3 aromatic rings. The lowest BCUT2D eigenvalue weighted by Crippen LogP contribution is -2.15. The van der Waals surface area contributed by atoms with Crippen molar-refractivity contribution in [2.75, 3.05) is 11.9 Å². The standard InChI is InChI=1S/C14H13N3O2S/c1-2-19-14(18)16-13-12(10-6-5-9-20-10)15-11-7-3-4-8-17(11)13/h3-9H,2H2,1H3,(H,16,18). The van der Waals surface area contributed by atoms with E-state index in [4.69, 9.17) is 4.74 Å². The first kappa shape index (κ1) is 12.7. The van der Waals surface area contributed by atoms with E-state index in [2.05, 4.69) is 10.3 Å². The maximum absolute atomic E-state index is 11.7. The van der Waals surface area contributed by atoms with E-state index in [1.807, 2.05) is 46.3 Å². The third-order valence-electron chi connectivity index (χ3n) is 2.78. The summed E-state index contributed by atoms with van der Waals surface area (Å²) in [6.07, 6.45) is 1.39. The first-order valence-electron chi connectivity index (χ1n) is 6.24. The fraction of sp³-hybridized carbons (Fsp3) is 0.143. The number of hydrogen-bond acceptors (Lipinski definition) is 4. The van der Waals surface area contributed by atoms with E-state index < -0.39 is 6.09 Å². The number of anilines is 1. The molecule has 3 aromatic heterocycles. The van der Waals surface area contributed by atoms with Crippen molar-refractivity contribution in [1.29, 1.82) is 0 Å². The monoisotopic (exact) mass is 287 g/mol. The Balaban J connectivity index is 2.11. The Morgan fingerprint density at radius 1 is 1.40 bits per heavy atom. The molecule has 0 saturated heterocycles. The molecule has 1 amide bonds. The van der Waals surface area contributed by atoms with Crippen molar-refractivity contribution >= 4 is 28.9 Å². The van der Waals surface area contributed by atoms with Crippen LogP contribution < -0.4 is 5.32 Å². The summed E-state index contributed by atoms with van der Waals surface area (Å²) in [6.45, 7) is 2.10. The van der Waals surface area contributed by atoms with Gasteiger partial charge >= 0.3 is 6.09 Å². The van der Waals surface area contributed by atoms with E-state index in [9.17, 15) is 4.79 Å². The van der Waals surface area contributed by atoms with E-state index in [0.717, 1.165) is 16.2 Å². The van der Waals surface area contributed by atoms with Crippen molar-refractivity contribution in [3.05, 3.63) is 41.9 Å². The predicted octanol–water partition coefficient (Wildman–Crippen LogP) is 3.63. The van der Waals surface area contributed by atoms with Gasteiger partial charge in [0, 0.05) is 6.20 Å². The molecular formula is C14H13N3O2S. The normalized spacial score (nSPS) is 10.7. The van der Waals surface area contributed by atoms with Gasteiger partial charge in [-0.05, 0) is 30.5 Å². The second kappa shape index (κ2) is 5.34. The second-order valence-corrected chi connectivity index (χ2v) is 5.01. The van der Waals surface area contributed by atoms with Crippen LogP contribution in [0.25, 0.3) is 16.2 Å². The number of imidazole rings is 1. The molecule has 0 atom stereocenters. The quantitative estimate of drug-likeness (QED) is 0.800. The highest BCUT2D eigenvalue weighted by atomic mass is 32.1. The lowest BCUT2D eigenvalue weighted by atomic mass is 10.3. The minimum atomic E-state index is -0.476. The van der Waals surface area contributed by atoms with Gasteiger partial charge in [0.15, 0.2) is 0 Å². The largest absolute Gasteiger partial charge is 0.450 e. The van der Waals surface area contributed by atoms with Gasteiger partial charge in [0.25, 0.3) is 0 Å². The molecule has 0 unspecified atom stereocenters. The fourth-order valence-corrected chi connectivity index (χ4v) is 2.68. The lowest BCUT2D eigenvalue weighted by Gasteiger charge is -2.06. The zero-order chi connectivity index (χ0) is 13.9. The van der Waals surface area contributed by atoms with Gasteiger partial charge in [-0.3, -0.25) is 9.72 Å². The third-order valence-corrected chi connectivity index (χ3v) is 3.66. The van der Waals surface area contributed by atoms with Crippen LogP contribution in [0, 0.1) is 0 Å². The maximum Gasteiger partial charge on any atom is 0.412 e. The zero-order valence-corrected chi connectivity index (χ0v) is 11.7. The first-order valence-corrected chi connectivity index (χ1v) is 7.12. The van der Waals surface area contributed by atoms with Gasteiger partial charge in [0.1, 0.15) is 17.2 Å². The van der Waals surface area contributed by atoms with Gasteiger partial charge in [-0.25, -0.2) is 9.78 Å². The van der Waals surface area contributed by atoms with Crippen LogP contribution in [0.4, 0.5) is 10.6 Å². The molecule has 5 nitrogen and oxygen atoms in total. The van der Waals surface area contributed by atoms with Gasteiger partial charge in [-0.1, -0.05) is 12.1 Å². The molecule has 6 heteroatoms. The van der Waals surface area contributed by atoms with Crippen molar-refractivity contribution < 1.29 is 9.53 Å². The Morgan fingerprint density at radius 2 is 2.30 bits per heavy atom. The number of amides is 1. The van der Waals surface area contributed by atoms with E-state index in [-0.39, 0.29) is 0 Å². The number of nitrogens with one attached hydrogen (secondary N) is 1. The molecule has 3 rings (SSSR count). The van der Waals surface area contributed by atoms with E-state index in [0.29, 0.717) is 12.4 Å². The lowest BCUT2D eigenvalue weighted by molar-refractivity contribution is 0.168. The van der Waals surface area contributed by atoms with Crippen molar-refractivity contribution in [1.82, 2.24) is 9.38 Å². The van der Waals surface area contributed by atoms with Crippen molar-refractivity contribution in [2.45, 2.75) is 6.92 Å². The average molecular weight is 287 g/mol. The van der Waals surface area contributed by atoms with Crippen molar-refractivity contribution in [3.8, 4) is 10.6 Å². The smallest absolute Gasteiger partial charge is 0.412 e. The number of aromatic nitrogens is 2. The second-order valence-electron chi connectivity index (χ2n) is 4.06. The summed E-state index contributed by atoms with van der Waals surface area (Å²) < 4.78 is 6.79. The van der Waals surface area contributed by atoms with E-state index in [1.54, 1.807) is 18.3 Å². The highest BCUT2D eigenvalue weighted by molar-refractivity contribution is 7.13. The summed E-state index contributed by atoms with van der Waals surface area (Å²) in [4.78, 5) is 17.3. The number of pyridine rings is 1. The molecule has 0 radical (unpaired) electrons. The van der Waals surface area contributed by atoms with Crippen LogP contribution >= 0.6 is 11.3 Å². The number of hydrogen-bond donors (Lipinski definition) is 1. The minimum Gasteiger partial charge on any atom is -0.450 e. The van der Waals surface area contributed by atoms with E-state index >= 15 is 0 Å². The summed E-state index contributed by atoms with van der Waals surface area (Å²) in [5, 5.41) is 4.75. The molecule has 0 fully saturated rings. The molecule has 20 heavy (non-hydrogen) atoms. The van der Waals surface area contributed by atoms with Gasteiger partial charge in [-0.15, -0.1) is 11.3 Å². The summed E-state index contributed by atoms with van der Waals surface area (Å²) in [7, 11) is 0. The van der Waals surface area contributed by atoms with Crippen LogP contribution in [-0.2, 0) is 4.74 Å². The molecule has 0 aliphatic rings. The van der Waals surface area contributed by atoms with Crippen LogP contribution in [0.15, 0.2) is 41.9 Å². The Labute approximate surface area is 119 Å².